The first kappa shape index (κ1) is 17.4. The van der Waals surface area contributed by atoms with Crippen molar-refractivity contribution in [3.05, 3.63) is 16.1 Å². The van der Waals surface area contributed by atoms with Gasteiger partial charge in [0, 0.05) is 24.4 Å². The van der Waals surface area contributed by atoms with E-state index in [9.17, 15) is 8.42 Å². The number of aromatic nitrogens is 1. The normalized spacial score (nSPS) is 21.7. The lowest BCUT2D eigenvalue weighted by atomic mass is 10.0. The molecule has 122 valence electrons. The predicted octanol–water partition coefficient (Wildman–Crippen LogP) is 3.08. The fourth-order valence-corrected chi connectivity index (χ4v) is 5.47. The number of nitrogens with zero attached hydrogens (tertiary/aromatic N) is 3. The number of hydrogen-bond donors (Lipinski definition) is 0. The largest absolute Gasteiger partial charge is 0.246 e. The van der Waals surface area contributed by atoms with Crippen molar-refractivity contribution in [2.75, 3.05) is 13.1 Å². The molecule has 7 heteroatoms. The smallest absolute Gasteiger partial charge is 0.230 e. The SMILES string of the molecule is CC[C@H](C#N)S(=O)(=O)N1CCC[C@H](c2nc(C(C)C)cs2)C1. The van der Waals surface area contributed by atoms with Crippen LogP contribution in [0.15, 0.2) is 5.38 Å². The van der Waals surface area contributed by atoms with Crippen LogP contribution in [0.25, 0.3) is 0 Å². The van der Waals surface area contributed by atoms with Crippen LogP contribution in [0.5, 0.6) is 0 Å². The molecule has 0 aromatic carbocycles. The Hall–Kier alpha value is -0.970. The molecule has 5 nitrogen and oxygen atoms in total. The third-order valence-corrected chi connectivity index (χ3v) is 7.33. The average Bonchev–Trinajstić information content (AvgIpc) is 2.98. The Morgan fingerprint density at radius 1 is 1.55 bits per heavy atom. The Morgan fingerprint density at radius 2 is 2.27 bits per heavy atom. The van der Waals surface area contributed by atoms with E-state index in [1.807, 2.05) is 6.07 Å². The molecule has 0 unspecified atom stereocenters. The van der Waals surface area contributed by atoms with Gasteiger partial charge < -0.3 is 0 Å². The Bertz CT molecular complexity index is 646. The molecule has 1 aliphatic heterocycles. The molecule has 0 bridgehead atoms. The van der Waals surface area contributed by atoms with Crippen molar-refractivity contribution in [1.29, 1.82) is 5.26 Å². The molecule has 22 heavy (non-hydrogen) atoms. The summed E-state index contributed by atoms with van der Waals surface area (Å²) < 4.78 is 26.5. The quantitative estimate of drug-likeness (QED) is 0.825. The monoisotopic (exact) mass is 341 g/mol. The van der Waals surface area contributed by atoms with E-state index in [2.05, 4.69) is 24.2 Å². The minimum absolute atomic E-state index is 0.150. The summed E-state index contributed by atoms with van der Waals surface area (Å²) in [6.07, 6.45) is 2.11. The maximum absolute atomic E-state index is 12.5. The van der Waals surface area contributed by atoms with E-state index < -0.39 is 15.3 Å². The Kier molecular flexibility index (Phi) is 5.59. The van der Waals surface area contributed by atoms with Gasteiger partial charge in [-0.3, -0.25) is 0 Å². The molecular weight excluding hydrogens is 318 g/mol. The van der Waals surface area contributed by atoms with Gasteiger partial charge in [0.15, 0.2) is 5.25 Å². The lowest BCUT2D eigenvalue weighted by molar-refractivity contribution is 0.313. The Balaban J connectivity index is 2.16. The number of piperidine rings is 1. The highest BCUT2D eigenvalue weighted by molar-refractivity contribution is 7.90. The fourth-order valence-electron chi connectivity index (χ4n) is 2.68. The summed E-state index contributed by atoms with van der Waals surface area (Å²) in [5.41, 5.74) is 1.07. The van der Waals surface area contributed by atoms with Crippen LogP contribution in [0.4, 0.5) is 0 Å². The van der Waals surface area contributed by atoms with Crippen LogP contribution in [0.2, 0.25) is 0 Å². The fraction of sp³-hybridized carbons (Fsp3) is 0.733. The lowest BCUT2D eigenvalue weighted by Crippen LogP contribution is -2.43. The molecule has 0 N–H and O–H groups in total. The topological polar surface area (TPSA) is 74.1 Å². The number of rotatable bonds is 5. The van der Waals surface area contributed by atoms with Crippen molar-refractivity contribution in [1.82, 2.24) is 9.29 Å². The molecule has 1 saturated heterocycles. The van der Waals surface area contributed by atoms with Crippen LogP contribution in [-0.2, 0) is 10.0 Å². The summed E-state index contributed by atoms with van der Waals surface area (Å²) in [7, 11) is -3.53. The van der Waals surface area contributed by atoms with Gasteiger partial charge in [-0.25, -0.2) is 17.7 Å². The number of thiazole rings is 1. The van der Waals surface area contributed by atoms with E-state index in [-0.39, 0.29) is 5.92 Å². The molecule has 1 aliphatic rings. The Morgan fingerprint density at radius 3 is 2.82 bits per heavy atom. The zero-order valence-corrected chi connectivity index (χ0v) is 15.0. The summed E-state index contributed by atoms with van der Waals surface area (Å²) in [6, 6.07) is 1.92. The molecule has 1 aromatic heterocycles. The van der Waals surface area contributed by atoms with Gasteiger partial charge >= 0.3 is 0 Å². The highest BCUT2D eigenvalue weighted by atomic mass is 32.2. The van der Waals surface area contributed by atoms with Crippen molar-refractivity contribution in [3.63, 3.8) is 0 Å². The van der Waals surface area contributed by atoms with Crippen LogP contribution < -0.4 is 0 Å². The first-order valence-corrected chi connectivity index (χ1v) is 10.1. The van der Waals surface area contributed by atoms with Crippen molar-refractivity contribution in [2.45, 2.75) is 57.1 Å². The van der Waals surface area contributed by atoms with Crippen LogP contribution in [-0.4, -0.2) is 36.0 Å². The van der Waals surface area contributed by atoms with Gasteiger partial charge in [-0.05, 0) is 25.2 Å². The summed E-state index contributed by atoms with van der Waals surface area (Å²) in [5.74, 6) is 0.536. The van der Waals surface area contributed by atoms with E-state index in [1.165, 1.54) is 4.31 Å². The van der Waals surface area contributed by atoms with Crippen LogP contribution in [0.3, 0.4) is 0 Å². The van der Waals surface area contributed by atoms with Gasteiger partial charge in [0.2, 0.25) is 10.0 Å². The van der Waals surface area contributed by atoms with Gasteiger partial charge in [-0.1, -0.05) is 20.8 Å². The minimum Gasteiger partial charge on any atom is -0.246 e. The van der Waals surface area contributed by atoms with E-state index in [4.69, 9.17) is 5.26 Å². The average molecular weight is 342 g/mol. The summed E-state index contributed by atoms with van der Waals surface area (Å²) in [5, 5.41) is 11.2. The number of sulfonamides is 1. The summed E-state index contributed by atoms with van der Waals surface area (Å²) in [4.78, 5) is 4.67. The van der Waals surface area contributed by atoms with Crippen LogP contribution in [0, 0.1) is 11.3 Å². The van der Waals surface area contributed by atoms with Gasteiger partial charge in [0.05, 0.1) is 16.8 Å². The minimum atomic E-state index is -3.53. The lowest BCUT2D eigenvalue weighted by Gasteiger charge is -2.32. The molecule has 1 aromatic rings. The molecule has 0 spiro atoms. The van der Waals surface area contributed by atoms with E-state index >= 15 is 0 Å². The molecule has 1 fully saturated rings. The maximum atomic E-state index is 12.5. The van der Waals surface area contributed by atoms with Crippen molar-refractivity contribution >= 4 is 21.4 Å². The van der Waals surface area contributed by atoms with Gasteiger partial charge in [-0.2, -0.15) is 5.26 Å². The van der Waals surface area contributed by atoms with Gasteiger partial charge in [0.1, 0.15) is 0 Å². The predicted molar refractivity (Wildman–Crippen MR) is 88.4 cm³/mol. The summed E-state index contributed by atoms with van der Waals surface area (Å²) in [6.45, 7) is 6.91. The van der Waals surface area contributed by atoms with E-state index in [0.717, 1.165) is 23.5 Å². The van der Waals surface area contributed by atoms with Crippen molar-refractivity contribution in [2.24, 2.45) is 0 Å². The molecule has 0 amide bonds. The Labute approximate surface area is 137 Å². The zero-order chi connectivity index (χ0) is 16.3. The van der Waals surface area contributed by atoms with Crippen molar-refractivity contribution < 1.29 is 8.42 Å². The van der Waals surface area contributed by atoms with Crippen LogP contribution in [0.1, 0.15) is 62.6 Å². The van der Waals surface area contributed by atoms with Gasteiger partial charge in [-0.15, -0.1) is 11.3 Å². The highest BCUT2D eigenvalue weighted by Crippen LogP contribution is 2.32. The highest BCUT2D eigenvalue weighted by Gasteiger charge is 2.35. The first-order chi connectivity index (χ1) is 10.4. The van der Waals surface area contributed by atoms with Crippen LogP contribution >= 0.6 is 11.3 Å². The summed E-state index contributed by atoms with van der Waals surface area (Å²) >= 11 is 1.62. The van der Waals surface area contributed by atoms with Gasteiger partial charge in [0.25, 0.3) is 0 Å². The standard InChI is InChI=1S/C15H23N3O2S2/c1-4-13(8-16)22(19,20)18-7-5-6-12(9-18)15-17-14(10-21-15)11(2)3/h10-13H,4-7,9H2,1-3H3/t12-,13+/m0/s1. The van der Waals surface area contributed by atoms with E-state index in [1.54, 1.807) is 18.3 Å². The maximum Gasteiger partial charge on any atom is 0.230 e. The molecule has 2 atom stereocenters. The molecule has 2 heterocycles. The molecular formula is C15H23N3O2S2. The molecule has 0 saturated carbocycles. The second-order valence-electron chi connectivity index (χ2n) is 6.03. The number of nitriles is 1. The molecule has 0 aliphatic carbocycles. The second-order valence-corrected chi connectivity index (χ2v) is 9.04. The zero-order valence-electron chi connectivity index (χ0n) is 13.3. The molecule has 2 rings (SSSR count). The van der Waals surface area contributed by atoms with Crippen molar-refractivity contribution in [3.8, 4) is 6.07 Å². The number of hydrogen-bond acceptors (Lipinski definition) is 5. The third-order valence-electron chi connectivity index (χ3n) is 4.10. The second kappa shape index (κ2) is 7.07. The van der Waals surface area contributed by atoms with E-state index in [0.29, 0.717) is 25.4 Å². The first-order valence-electron chi connectivity index (χ1n) is 7.74. The molecule has 0 radical (unpaired) electrons. The third kappa shape index (κ3) is 3.50.